The molecule has 0 bridgehead atoms. The molecule has 1 fully saturated rings. The number of hydrogen-bond donors (Lipinski definition) is 0. The molecule has 26 heavy (non-hydrogen) atoms. The molecule has 4 rings (SSSR count). The normalized spacial score (nSPS) is 18.4. The van der Waals surface area contributed by atoms with Crippen molar-refractivity contribution in [1.29, 1.82) is 0 Å². The Morgan fingerprint density at radius 2 is 2.08 bits per heavy atom. The molecule has 1 amide bonds. The Balaban J connectivity index is 1.45. The van der Waals surface area contributed by atoms with Crippen LogP contribution >= 0.6 is 11.3 Å². The van der Waals surface area contributed by atoms with Crippen LogP contribution in [-0.2, 0) is 21.5 Å². The van der Waals surface area contributed by atoms with Crippen molar-refractivity contribution < 1.29 is 19.1 Å². The summed E-state index contributed by atoms with van der Waals surface area (Å²) in [6.07, 6.45) is 3.95. The molecule has 0 unspecified atom stereocenters. The van der Waals surface area contributed by atoms with Gasteiger partial charge in [0.05, 0.1) is 19.3 Å². The molecule has 2 aliphatic heterocycles. The van der Waals surface area contributed by atoms with Gasteiger partial charge in [-0.3, -0.25) is 9.78 Å². The molecule has 1 spiro atoms. The largest absolute Gasteiger partial charge is 0.465 e. The molecule has 0 aliphatic carbocycles. The zero-order chi connectivity index (χ0) is 18.1. The lowest BCUT2D eigenvalue weighted by molar-refractivity contribution is -0.0906. The average molecular weight is 372 g/mol. The molecule has 0 saturated carbocycles. The summed E-state index contributed by atoms with van der Waals surface area (Å²) < 4.78 is 10.8. The number of piperidine rings is 1. The Kier molecular flexibility index (Phi) is 4.50. The molecule has 0 atom stereocenters. The summed E-state index contributed by atoms with van der Waals surface area (Å²) in [5.41, 5.74) is 1.83. The van der Waals surface area contributed by atoms with Crippen LogP contribution in [0.3, 0.4) is 0 Å². The summed E-state index contributed by atoms with van der Waals surface area (Å²) in [6, 6.07) is 5.34. The number of ether oxygens (including phenoxy) is 2. The first-order chi connectivity index (χ1) is 12.6. The lowest BCUT2D eigenvalue weighted by Crippen LogP contribution is -2.48. The van der Waals surface area contributed by atoms with Crippen molar-refractivity contribution in [2.45, 2.75) is 24.9 Å². The zero-order valence-corrected chi connectivity index (χ0v) is 15.4. The smallest absolute Gasteiger partial charge is 0.339 e. The van der Waals surface area contributed by atoms with Crippen molar-refractivity contribution in [1.82, 2.24) is 9.88 Å². The van der Waals surface area contributed by atoms with E-state index in [1.54, 1.807) is 23.5 Å². The van der Waals surface area contributed by atoms with Crippen molar-refractivity contribution in [3.63, 3.8) is 0 Å². The SMILES string of the molecule is COC(=O)c1ccc(C(=O)N2CCC3(CC2)OCCc2ccsc23)nc1. The van der Waals surface area contributed by atoms with E-state index in [1.807, 2.05) is 4.90 Å². The molecule has 6 nitrogen and oxygen atoms in total. The number of nitrogens with zero attached hydrogens (tertiary/aromatic N) is 2. The first-order valence-corrected chi connectivity index (χ1v) is 9.55. The predicted octanol–water partition coefficient (Wildman–Crippen LogP) is 2.63. The van der Waals surface area contributed by atoms with E-state index in [0.717, 1.165) is 25.9 Å². The number of carbonyl (C=O) groups is 2. The van der Waals surface area contributed by atoms with E-state index in [0.29, 0.717) is 24.3 Å². The van der Waals surface area contributed by atoms with Gasteiger partial charge in [0.15, 0.2) is 0 Å². The van der Waals surface area contributed by atoms with Gasteiger partial charge in [0, 0.05) is 24.2 Å². The fourth-order valence-electron chi connectivity index (χ4n) is 3.72. The highest BCUT2D eigenvalue weighted by molar-refractivity contribution is 7.10. The Bertz CT molecular complexity index is 822. The first-order valence-electron chi connectivity index (χ1n) is 8.67. The van der Waals surface area contributed by atoms with Crippen LogP contribution in [0, 0.1) is 0 Å². The number of hydrogen-bond acceptors (Lipinski definition) is 6. The van der Waals surface area contributed by atoms with Crippen LogP contribution in [0.4, 0.5) is 0 Å². The number of thiophene rings is 1. The van der Waals surface area contributed by atoms with E-state index in [4.69, 9.17) is 4.74 Å². The third-order valence-electron chi connectivity index (χ3n) is 5.17. The molecular weight excluding hydrogens is 352 g/mol. The van der Waals surface area contributed by atoms with E-state index in [2.05, 4.69) is 21.2 Å². The molecule has 136 valence electrons. The summed E-state index contributed by atoms with van der Waals surface area (Å²) in [7, 11) is 1.32. The maximum atomic E-state index is 12.7. The van der Waals surface area contributed by atoms with Crippen LogP contribution < -0.4 is 0 Å². The number of methoxy groups -OCH3 is 1. The maximum absolute atomic E-state index is 12.7. The van der Waals surface area contributed by atoms with E-state index in [1.165, 1.54) is 23.7 Å². The van der Waals surface area contributed by atoms with E-state index in [9.17, 15) is 9.59 Å². The van der Waals surface area contributed by atoms with Crippen LogP contribution in [0.2, 0.25) is 0 Å². The second kappa shape index (κ2) is 6.81. The number of pyridine rings is 1. The van der Waals surface area contributed by atoms with Gasteiger partial charge in [-0.2, -0.15) is 0 Å². The van der Waals surface area contributed by atoms with Gasteiger partial charge in [-0.05, 0) is 48.4 Å². The van der Waals surface area contributed by atoms with Gasteiger partial charge in [-0.15, -0.1) is 11.3 Å². The zero-order valence-electron chi connectivity index (χ0n) is 14.6. The van der Waals surface area contributed by atoms with Gasteiger partial charge in [0.25, 0.3) is 5.91 Å². The Morgan fingerprint density at radius 3 is 2.77 bits per heavy atom. The second-order valence-corrected chi connectivity index (χ2v) is 7.50. The maximum Gasteiger partial charge on any atom is 0.339 e. The second-order valence-electron chi connectivity index (χ2n) is 6.58. The van der Waals surface area contributed by atoms with E-state index < -0.39 is 5.97 Å². The van der Waals surface area contributed by atoms with Gasteiger partial charge in [0.1, 0.15) is 11.3 Å². The number of aromatic nitrogens is 1. The fourth-order valence-corrected chi connectivity index (χ4v) is 4.89. The number of esters is 1. The van der Waals surface area contributed by atoms with Crippen molar-refractivity contribution in [3.05, 3.63) is 51.5 Å². The first kappa shape index (κ1) is 17.2. The van der Waals surface area contributed by atoms with Crippen molar-refractivity contribution in [2.24, 2.45) is 0 Å². The number of carbonyl (C=O) groups excluding carboxylic acids is 2. The molecule has 0 aromatic carbocycles. The topological polar surface area (TPSA) is 68.7 Å². The van der Waals surface area contributed by atoms with Crippen molar-refractivity contribution >= 4 is 23.2 Å². The Hall–Kier alpha value is -2.25. The fraction of sp³-hybridized carbons (Fsp3) is 0.421. The van der Waals surface area contributed by atoms with Crippen LogP contribution in [-0.4, -0.2) is 48.6 Å². The third-order valence-corrected chi connectivity index (χ3v) is 6.31. The van der Waals surface area contributed by atoms with Gasteiger partial charge in [0.2, 0.25) is 0 Å². The average Bonchev–Trinajstić information content (AvgIpc) is 3.18. The van der Waals surface area contributed by atoms with Crippen molar-refractivity contribution in [2.75, 3.05) is 26.8 Å². The minimum atomic E-state index is -0.461. The minimum absolute atomic E-state index is 0.113. The monoisotopic (exact) mass is 372 g/mol. The Morgan fingerprint density at radius 1 is 1.27 bits per heavy atom. The lowest BCUT2D eigenvalue weighted by Gasteiger charge is -2.43. The van der Waals surface area contributed by atoms with Gasteiger partial charge < -0.3 is 14.4 Å². The number of amides is 1. The summed E-state index contributed by atoms with van der Waals surface area (Å²) >= 11 is 1.76. The Labute approximate surface area is 155 Å². The molecule has 1 saturated heterocycles. The van der Waals surface area contributed by atoms with Gasteiger partial charge in [-0.25, -0.2) is 4.79 Å². The molecule has 0 N–H and O–H groups in total. The molecule has 7 heteroatoms. The summed E-state index contributed by atoms with van der Waals surface area (Å²) in [5.74, 6) is -0.573. The molecule has 0 radical (unpaired) electrons. The van der Waals surface area contributed by atoms with E-state index >= 15 is 0 Å². The van der Waals surface area contributed by atoms with Crippen molar-refractivity contribution in [3.8, 4) is 0 Å². The highest BCUT2D eigenvalue weighted by Gasteiger charge is 2.42. The van der Waals surface area contributed by atoms with Gasteiger partial charge >= 0.3 is 5.97 Å². The molecule has 4 heterocycles. The standard InChI is InChI=1S/C19H20N2O4S/c1-24-18(23)14-2-3-15(20-12-14)17(22)21-8-6-19(7-9-21)16-13(4-10-25-19)5-11-26-16/h2-3,5,11-12H,4,6-10H2,1H3. The molecule has 2 aromatic rings. The minimum Gasteiger partial charge on any atom is -0.465 e. The summed E-state index contributed by atoms with van der Waals surface area (Å²) in [4.78, 5) is 31.5. The van der Waals surface area contributed by atoms with Crippen LogP contribution in [0.15, 0.2) is 29.8 Å². The summed E-state index contributed by atoms with van der Waals surface area (Å²) in [6.45, 7) is 2.02. The summed E-state index contributed by atoms with van der Waals surface area (Å²) in [5, 5.41) is 2.13. The van der Waals surface area contributed by atoms with E-state index in [-0.39, 0.29) is 11.5 Å². The van der Waals surface area contributed by atoms with Crippen LogP contribution in [0.1, 0.15) is 44.1 Å². The molecule has 2 aliphatic rings. The number of fused-ring (bicyclic) bond motifs is 2. The lowest BCUT2D eigenvalue weighted by atomic mass is 9.85. The third kappa shape index (κ3) is 2.91. The molecule has 2 aromatic heterocycles. The number of likely N-dealkylation sites (tertiary alicyclic amines) is 1. The van der Waals surface area contributed by atoms with Gasteiger partial charge in [-0.1, -0.05) is 0 Å². The highest BCUT2D eigenvalue weighted by Crippen LogP contribution is 2.44. The van der Waals surface area contributed by atoms with Crippen LogP contribution in [0.25, 0.3) is 0 Å². The number of rotatable bonds is 2. The highest BCUT2D eigenvalue weighted by atomic mass is 32.1. The predicted molar refractivity (Wildman–Crippen MR) is 96.4 cm³/mol. The quantitative estimate of drug-likeness (QED) is 0.758. The molecular formula is C19H20N2O4S. The van der Waals surface area contributed by atoms with Crippen LogP contribution in [0.5, 0.6) is 0 Å².